The van der Waals surface area contributed by atoms with Gasteiger partial charge in [0.2, 0.25) is 0 Å². The second kappa shape index (κ2) is 1.79. The number of halogens is 2. The number of allylic oxidation sites excluding steroid dienone is 1. The number of hydrogen-bond donors (Lipinski definition) is 0. The van der Waals surface area contributed by atoms with E-state index in [4.69, 9.17) is 0 Å². The number of fused-ring (bicyclic) bond motifs is 1. The topological polar surface area (TPSA) is 0 Å². The first kappa shape index (κ1) is 7.14. The predicted molar refractivity (Wildman–Crippen MR) is 52.8 cm³/mol. The molecule has 3 aliphatic rings. The molecule has 0 amide bonds. The van der Waals surface area contributed by atoms with E-state index in [9.17, 15) is 0 Å². The predicted octanol–water partition coefficient (Wildman–Crippen LogP) is 3.81. The molecule has 0 radical (unpaired) electrons. The molecule has 0 N–H and O–H groups in total. The van der Waals surface area contributed by atoms with E-state index >= 15 is 0 Å². The summed E-state index contributed by atoms with van der Waals surface area (Å²) < 4.78 is 1.16. The van der Waals surface area contributed by atoms with Gasteiger partial charge in [-0.25, -0.2) is 0 Å². The molecule has 0 aromatic rings. The fraction of sp³-hybridized carbons (Fsp3) is 0.778. The van der Waals surface area contributed by atoms with Crippen molar-refractivity contribution in [3.05, 3.63) is 9.47 Å². The third kappa shape index (κ3) is 0.713. The van der Waals surface area contributed by atoms with Crippen LogP contribution in [0.15, 0.2) is 9.47 Å². The van der Waals surface area contributed by atoms with E-state index in [2.05, 4.69) is 37.9 Å². The van der Waals surface area contributed by atoms with Crippen molar-refractivity contribution in [2.24, 2.45) is 16.7 Å². The van der Waals surface area contributed by atoms with Gasteiger partial charge in [-0.3, -0.25) is 0 Å². The molecular weight excluding hydrogens is 268 g/mol. The Morgan fingerprint density at radius 1 is 1.09 bits per heavy atom. The zero-order valence-electron chi connectivity index (χ0n) is 6.24. The summed E-state index contributed by atoms with van der Waals surface area (Å²) in [4.78, 5) is 0. The first-order valence-corrected chi connectivity index (χ1v) is 5.83. The van der Waals surface area contributed by atoms with Gasteiger partial charge in [0.15, 0.2) is 0 Å². The monoisotopic (exact) mass is 276 g/mol. The Kier molecular flexibility index (Phi) is 1.16. The molecule has 60 valence electrons. The highest BCUT2D eigenvalue weighted by Gasteiger charge is 2.85. The smallest absolute Gasteiger partial charge is 0.0567 e. The molecule has 3 saturated carbocycles. The Bertz CT molecular complexity index is 224. The number of rotatable bonds is 1. The SMILES string of the molecule is BrC(Br)=CC1C2(CC2)C12CC2. The Labute approximate surface area is 83.7 Å². The van der Waals surface area contributed by atoms with E-state index in [-0.39, 0.29) is 0 Å². The molecule has 0 unspecified atom stereocenters. The first-order valence-electron chi connectivity index (χ1n) is 4.24. The maximum atomic E-state index is 3.45. The average Bonchev–Trinajstić information content (AvgIpc) is 2.79. The normalized spacial score (nSPS) is 38.9. The average molecular weight is 278 g/mol. The summed E-state index contributed by atoms with van der Waals surface area (Å²) in [7, 11) is 0. The Morgan fingerprint density at radius 3 is 1.82 bits per heavy atom. The molecular formula is C9H10Br2. The van der Waals surface area contributed by atoms with Gasteiger partial charge in [-0.15, -0.1) is 0 Å². The van der Waals surface area contributed by atoms with Crippen molar-refractivity contribution < 1.29 is 0 Å². The molecule has 2 heteroatoms. The molecule has 0 saturated heterocycles. The molecule has 0 aromatic carbocycles. The summed E-state index contributed by atoms with van der Waals surface area (Å²) in [5.74, 6) is 0.920. The summed E-state index contributed by atoms with van der Waals surface area (Å²) in [5.41, 5.74) is 1.64. The van der Waals surface area contributed by atoms with E-state index in [1.165, 1.54) is 25.7 Å². The fourth-order valence-electron chi connectivity index (χ4n) is 3.11. The van der Waals surface area contributed by atoms with Gasteiger partial charge in [0.1, 0.15) is 0 Å². The Morgan fingerprint density at radius 2 is 1.55 bits per heavy atom. The zero-order valence-corrected chi connectivity index (χ0v) is 9.41. The van der Waals surface area contributed by atoms with E-state index in [1.807, 2.05) is 0 Å². The van der Waals surface area contributed by atoms with Crippen molar-refractivity contribution in [1.29, 1.82) is 0 Å². The summed E-state index contributed by atoms with van der Waals surface area (Å²) in [6, 6.07) is 0. The lowest BCUT2D eigenvalue weighted by atomic mass is 10.3. The van der Waals surface area contributed by atoms with Crippen molar-refractivity contribution in [1.82, 2.24) is 0 Å². The van der Waals surface area contributed by atoms with Gasteiger partial charge in [0, 0.05) is 0 Å². The highest BCUT2D eigenvalue weighted by atomic mass is 79.9. The first-order chi connectivity index (χ1) is 5.21. The van der Waals surface area contributed by atoms with Crippen molar-refractivity contribution >= 4 is 31.9 Å². The van der Waals surface area contributed by atoms with Gasteiger partial charge < -0.3 is 0 Å². The van der Waals surface area contributed by atoms with Gasteiger partial charge in [-0.2, -0.15) is 0 Å². The van der Waals surface area contributed by atoms with Crippen molar-refractivity contribution in [3.63, 3.8) is 0 Å². The highest BCUT2D eigenvalue weighted by molar-refractivity contribution is 9.28. The molecule has 2 spiro atoms. The van der Waals surface area contributed by atoms with Crippen LogP contribution in [0.4, 0.5) is 0 Å². The van der Waals surface area contributed by atoms with Gasteiger partial charge >= 0.3 is 0 Å². The summed E-state index contributed by atoms with van der Waals surface area (Å²) in [6.45, 7) is 0. The minimum atomic E-state index is 0.819. The second-order valence-electron chi connectivity index (χ2n) is 4.25. The molecule has 3 aliphatic carbocycles. The minimum absolute atomic E-state index is 0.819. The van der Waals surface area contributed by atoms with Crippen molar-refractivity contribution in [3.8, 4) is 0 Å². The van der Waals surface area contributed by atoms with Crippen LogP contribution in [0.2, 0.25) is 0 Å². The molecule has 0 heterocycles. The minimum Gasteiger partial charge on any atom is -0.0589 e. The molecule has 0 aliphatic heterocycles. The lowest BCUT2D eigenvalue weighted by Gasteiger charge is -1.84. The third-order valence-corrected chi connectivity index (χ3v) is 4.50. The molecule has 3 rings (SSSR count). The zero-order chi connectivity index (χ0) is 7.69. The van der Waals surface area contributed by atoms with Gasteiger partial charge in [0.25, 0.3) is 0 Å². The van der Waals surface area contributed by atoms with Crippen LogP contribution in [0.25, 0.3) is 0 Å². The van der Waals surface area contributed by atoms with E-state index in [0.717, 1.165) is 20.1 Å². The van der Waals surface area contributed by atoms with Gasteiger partial charge in [-0.05, 0) is 74.3 Å². The maximum Gasteiger partial charge on any atom is 0.0567 e. The molecule has 3 fully saturated rings. The van der Waals surface area contributed by atoms with Crippen LogP contribution in [0.1, 0.15) is 25.7 Å². The van der Waals surface area contributed by atoms with Crippen LogP contribution < -0.4 is 0 Å². The third-order valence-electron chi connectivity index (χ3n) is 3.97. The molecule has 11 heavy (non-hydrogen) atoms. The quantitative estimate of drug-likeness (QED) is 0.684. The summed E-state index contributed by atoms with van der Waals surface area (Å²) in [6.07, 6.45) is 8.38. The summed E-state index contributed by atoms with van der Waals surface area (Å²) in [5, 5.41) is 0. The Hall–Kier alpha value is 0.700. The highest BCUT2D eigenvalue weighted by Crippen LogP contribution is 2.92. The molecule has 0 atom stereocenters. The Balaban J connectivity index is 1.88. The maximum absolute atomic E-state index is 3.45. The fourth-order valence-corrected chi connectivity index (χ4v) is 3.64. The van der Waals surface area contributed by atoms with Crippen LogP contribution in [-0.4, -0.2) is 0 Å². The van der Waals surface area contributed by atoms with Gasteiger partial charge in [0.05, 0.1) is 3.39 Å². The van der Waals surface area contributed by atoms with Crippen LogP contribution >= 0.6 is 31.9 Å². The molecule has 0 bridgehead atoms. The van der Waals surface area contributed by atoms with Crippen LogP contribution in [-0.2, 0) is 0 Å². The lowest BCUT2D eigenvalue weighted by molar-refractivity contribution is 0.716. The van der Waals surface area contributed by atoms with E-state index in [0.29, 0.717) is 0 Å². The second-order valence-corrected chi connectivity index (χ2v) is 7.02. The van der Waals surface area contributed by atoms with Crippen LogP contribution in [0.5, 0.6) is 0 Å². The molecule has 0 nitrogen and oxygen atoms in total. The van der Waals surface area contributed by atoms with E-state index in [1.54, 1.807) is 0 Å². The standard InChI is InChI=1S/C9H10Br2/c10-7(11)5-6-8(1-2-8)9(6)3-4-9/h5-6H,1-4H2. The van der Waals surface area contributed by atoms with Crippen LogP contribution in [0, 0.1) is 16.7 Å². The van der Waals surface area contributed by atoms with Crippen molar-refractivity contribution in [2.75, 3.05) is 0 Å². The van der Waals surface area contributed by atoms with Crippen molar-refractivity contribution in [2.45, 2.75) is 25.7 Å². The lowest BCUT2D eigenvalue weighted by Crippen LogP contribution is -1.71. The van der Waals surface area contributed by atoms with E-state index < -0.39 is 0 Å². The molecule has 0 aromatic heterocycles. The number of hydrogen-bond acceptors (Lipinski definition) is 0. The largest absolute Gasteiger partial charge is 0.0589 e. The van der Waals surface area contributed by atoms with Crippen LogP contribution in [0.3, 0.4) is 0 Å². The summed E-state index contributed by atoms with van der Waals surface area (Å²) >= 11 is 6.90. The van der Waals surface area contributed by atoms with Gasteiger partial charge in [-0.1, -0.05) is 6.08 Å².